The van der Waals surface area contributed by atoms with Gasteiger partial charge in [-0.15, -0.1) is 0 Å². The molecule has 1 N–H and O–H groups in total. The minimum absolute atomic E-state index is 0.132. The number of esters is 1. The Hall–Kier alpha value is -0.570. The Balaban J connectivity index is 2.70. The van der Waals surface area contributed by atoms with Gasteiger partial charge in [0.05, 0.1) is 0 Å². The molecular weight excluding hydrogens is 120 g/mol. The van der Waals surface area contributed by atoms with Crippen molar-refractivity contribution in [3.63, 3.8) is 0 Å². The zero-order chi connectivity index (χ0) is 7.07. The monoisotopic (exact) mass is 130 g/mol. The Labute approximate surface area is 53.6 Å². The first-order valence-corrected chi connectivity index (χ1v) is 2.96. The number of rotatable bonds is 0. The Morgan fingerprint density at radius 1 is 1.89 bits per heavy atom. The predicted molar refractivity (Wildman–Crippen MR) is 30.8 cm³/mol. The zero-order valence-corrected chi connectivity index (χ0v) is 5.55. The van der Waals surface area contributed by atoms with Crippen LogP contribution in [0.15, 0.2) is 0 Å². The average molecular weight is 130 g/mol. The molecule has 0 spiro atoms. The second-order valence-electron chi connectivity index (χ2n) is 2.69. The Bertz CT molecular complexity index is 139. The van der Waals surface area contributed by atoms with Gasteiger partial charge in [-0.1, -0.05) is 0 Å². The van der Waals surface area contributed by atoms with Crippen molar-refractivity contribution in [3.05, 3.63) is 0 Å². The number of cyclic esters (lactones) is 1. The summed E-state index contributed by atoms with van der Waals surface area (Å²) < 4.78 is 4.69. The number of aliphatic hydroxyl groups is 1. The van der Waals surface area contributed by atoms with E-state index < -0.39 is 11.6 Å². The molecule has 0 radical (unpaired) electrons. The second kappa shape index (κ2) is 1.70. The van der Waals surface area contributed by atoms with Gasteiger partial charge < -0.3 is 9.84 Å². The average Bonchev–Trinajstić information content (AvgIpc) is 1.79. The standard InChI is InChI=1S/C6H10O3/c1-4-3-6(2,8)5(7)9-4/h4,8H,3H2,1-2H3/t4-,6-/m1/s1. The van der Waals surface area contributed by atoms with E-state index in [1.54, 1.807) is 6.92 Å². The van der Waals surface area contributed by atoms with E-state index in [2.05, 4.69) is 4.74 Å². The molecular formula is C6H10O3. The van der Waals surface area contributed by atoms with Crippen LogP contribution in [0.2, 0.25) is 0 Å². The number of carbonyl (C=O) groups excluding carboxylic acids is 1. The summed E-state index contributed by atoms with van der Waals surface area (Å²) in [7, 11) is 0. The minimum atomic E-state index is -1.24. The van der Waals surface area contributed by atoms with Crippen molar-refractivity contribution in [2.75, 3.05) is 0 Å². The fraction of sp³-hybridized carbons (Fsp3) is 0.833. The summed E-state index contributed by atoms with van der Waals surface area (Å²) in [5.74, 6) is -0.505. The van der Waals surface area contributed by atoms with Crippen LogP contribution in [0.4, 0.5) is 0 Å². The van der Waals surface area contributed by atoms with Crippen LogP contribution in [-0.4, -0.2) is 22.8 Å². The minimum Gasteiger partial charge on any atom is -0.460 e. The van der Waals surface area contributed by atoms with Crippen molar-refractivity contribution in [1.29, 1.82) is 0 Å². The molecule has 1 fully saturated rings. The van der Waals surface area contributed by atoms with Gasteiger partial charge in [-0.25, -0.2) is 4.79 Å². The fourth-order valence-corrected chi connectivity index (χ4v) is 0.994. The second-order valence-corrected chi connectivity index (χ2v) is 2.69. The molecule has 1 saturated heterocycles. The molecule has 0 aliphatic carbocycles. The van der Waals surface area contributed by atoms with Gasteiger partial charge in [-0.05, 0) is 13.8 Å². The van der Waals surface area contributed by atoms with E-state index in [1.165, 1.54) is 6.92 Å². The van der Waals surface area contributed by atoms with E-state index in [9.17, 15) is 4.79 Å². The molecule has 3 nitrogen and oxygen atoms in total. The van der Waals surface area contributed by atoms with Crippen LogP contribution >= 0.6 is 0 Å². The van der Waals surface area contributed by atoms with Gasteiger partial charge in [0.15, 0.2) is 5.60 Å². The van der Waals surface area contributed by atoms with E-state index >= 15 is 0 Å². The third-order valence-corrected chi connectivity index (χ3v) is 1.43. The molecule has 0 aromatic heterocycles. The summed E-state index contributed by atoms with van der Waals surface area (Å²) >= 11 is 0. The van der Waals surface area contributed by atoms with E-state index in [4.69, 9.17) is 5.11 Å². The van der Waals surface area contributed by atoms with E-state index in [0.717, 1.165) is 0 Å². The lowest BCUT2D eigenvalue weighted by Crippen LogP contribution is -2.29. The summed E-state index contributed by atoms with van der Waals surface area (Å²) in [6, 6.07) is 0. The van der Waals surface area contributed by atoms with Gasteiger partial charge >= 0.3 is 5.97 Å². The van der Waals surface area contributed by atoms with Gasteiger partial charge in [0, 0.05) is 6.42 Å². The lowest BCUT2D eigenvalue weighted by molar-refractivity contribution is -0.153. The molecule has 1 rings (SSSR count). The largest absolute Gasteiger partial charge is 0.460 e. The van der Waals surface area contributed by atoms with Crippen LogP contribution in [0.5, 0.6) is 0 Å². The van der Waals surface area contributed by atoms with Gasteiger partial charge in [0.25, 0.3) is 0 Å². The van der Waals surface area contributed by atoms with Crippen molar-refractivity contribution in [1.82, 2.24) is 0 Å². The third kappa shape index (κ3) is 1.05. The van der Waals surface area contributed by atoms with Crippen LogP contribution in [0.3, 0.4) is 0 Å². The maximum atomic E-state index is 10.6. The molecule has 0 aromatic rings. The fourth-order valence-electron chi connectivity index (χ4n) is 0.994. The molecule has 1 heterocycles. The van der Waals surface area contributed by atoms with Crippen molar-refractivity contribution >= 4 is 5.97 Å². The molecule has 1 aliphatic rings. The highest BCUT2D eigenvalue weighted by Crippen LogP contribution is 2.23. The van der Waals surface area contributed by atoms with Crippen LogP contribution in [0.1, 0.15) is 20.3 Å². The highest BCUT2D eigenvalue weighted by atomic mass is 16.6. The maximum Gasteiger partial charge on any atom is 0.338 e. The summed E-state index contributed by atoms with van der Waals surface area (Å²) in [5.41, 5.74) is -1.24. The van der Waals surface area contributed by atoms with Gasteiger partial charge in [0.1, 0.15) is 6.10 Å². The number of hydrogen-bond donors (Lipinski definition) is 1. The summed E-state index contributed by atoms with van der Waals surface area (Å²) in [6.07, 6.45) is 0.277. The van der Waals surface area contributed by atoms with Crippen molar-refractivity contribution < 1.29 is 14.6 Å². The Kier molecular flexibility index (Phi) is 1.24. The van der Waals surface area contributed by atoms with Crippen molar-refractivity contribution in [2.24, 2.45) is 0 Å². The van der Waals surface area contributed by atoms with Gasteiger partial charge in [-0.2, -0.15) is 0 Å². The Morgan fingerprint density at radius 2 is 2.44 bits per heavy atom. The topological polar surface area (TPSA) is 46.5 Å². The molecule has 0 aromatic carbocycles. The molecule has 0 bridgehead atoms. The normalized spacial score (nSPS) is 43.0. The smallest absolute Gasteiger partial charge is 0.338 e. The lowest BCUT2D eigenvalue weighted by Gasteiger charge is -2.07. The molecule has 9 heavy (non-hydrogen) atoms. The third-order valence-electron chi connectivity index (χ3n) is 1.43. The van der Waals surface area contributed by atoms with Gasteiger partial charge in [0.2, 0.25) is 0 Å². The van der Waals surface area contributed by atoms with Crippen LogP contribution in [0.25, 0.3) is 0 Å². The van der Waals surface area contributed by atoms with Crippen LogP contribution in [0, 0.1) is 0 Å². The summed E-state index contributed by atoms with van der Waals surface area (Å²) in [4.78, 5) is 10.6. The lowest BCUT2D eigenvalue weighted by atomic mass is 10.0. The predicted octanol–water partition coefficient (Wildman–Crippen LogP) is 0.0728. The first-order chi connectivity index (χ1) is 4.02. The highest BCUT2D eigenvalue weighted by Gasteiger charge is 2.41. The molecule has 0 amide bonds. The first-order valence-electron chi connectivity index (χ1n) is 2.96. The summed E-state index contributed by atoms with van der Waals surface area (Å²) in [6.45, 7) is 3.23. The zero-order valence-electron chi connectivity index (χ0n) is 5.55. The SMILES string of the molecule is C[C@@H]1C[C@@](C)(O)C(=O)O1. The molecule has 52 valence electrons. The van der Waals surface area contributed by atoms with Crippen LogP contribution in [-0.2, 0) is 9.53 Å². The molecule has 0 unspecified atom stereocenters. The number of carbonyl (C=O) groups is 1. The quantitative estimate of drug-likeness (QED) is 0.472. The maximum absolute atomic E-state index is 10.6. The number of ether oxygens (including phenoxy) is 1. The molecule has 0 saturated carbocycles. The first kappa shape index (κ1) is 6.55. The Morgan fingerprint density at radius 3 is 2.56 bits per heavy atom. The molecule has 1 aliphatic heterocycles. The van der Waals surface area contributed by atoms with E-state index in [-0.39, 0.29) is 6.10 Å². The molecule has 3 heteroatoms. The van der Waals surface area contributed by atoms with Crippen molar-refractivity contribution in [3.8, 4) is 0 Å². The van der Waals surface area contributed by atoms with E-state index in [0.29, 0.717) is 6.42 Å². The molecule has 2 atom stereocenters. The van der Waals surface area contributed by atoms with Crippen LogP contribution < -0.4 is 0 Å². The van der Waals surface area contributed by atoms with Crippen molar-refractivity contribution in [2.45, 2.75) is 32.0 Å². The summed E-state index contributed by atoms with van der Waals surface area (Å²) in [5, 5.41) is 9.16. The highest BCUT2D eigenvalue weighted by molar-refractivity contribution is 5.80. The van der Waals surface area contributed by atoms with E-state index in [1.807, 2.05) is 0 Å². The number of hydrogen-bond acceptors (Lipinski definition) is 3. The van der Waals surface area contributed by atoms with Gasteiger partial charge in [-0.3, -0.25) is 0 Å².